The van der Waals surface area contributed by atoms with Crippen molar-refractivity contribution in [1.82, 2.24) is 10.2 Å². The van der Waals surface area contributed by atoms with E-state index >= 15 is 0 Å². The number of imide groups is 1. The maximum absolute atomic E-state index is 13.8. The summed E-state index contributed by atoms with van der Waals surface area (Å²) in [5.74, 6) is -4.79. The molecule has 2 aromatic rings. The van der Waals surface area contributed by atoms with Gasteiger partial charge < -0.3 is 19.3 Å². The lowest BCUT2D eigenvalue weighted by atomic mass is 9.76. The molecule has 4 atom stereocenters. The lowest BCUT2D eigenvalue weighted by Crippen LogP contribution is -2.57. The maximum Gasteiger partial charge on any atom is 0.341 e. The number of carbonyl (C=O) groups excluding carboxylic acids is 3. The number of carboxylic acids is 1. The average Bonchev–Trinajstić information content (AvgIpc) is 3.40. The molecule has 10 heteroatoms. The summed E-state index contributed by atoms with van der Waals surface area (Å²) < 4.78 is 15.9. The summed E-state index contributed by atoms with van der Waals surface area (Å²) in [7, 11) is 4.03. The number of methoxy groups -OCH3 is 3. The number of unbranched alkanes of at least 4 members (excludes halogenated alkanes) is 1. The van der Waals surface area contributed by atoms with Crippen molar-refractivity contribution in [3.63, 3.8) is 0 Å². The zero-order valence-corrected chi connectivity index (χ0v) is 21.9. The Bertz CT molecular complexity index is 1250. The Hall–Kier alpha value is -3.92. The third-order valence-electron chi connectivity index (χ3n) is 7.47. The van der Waals surface area contributed by atoms with Gasteiger partial charge in [-0.25, -0.2) is 4.79 Å². The smallest absolute Gasteiger partial charge is 0.341 e. The Balaban J connectivity index is 1.95. The predicted molar refractivity (Wildman–Crippen MR) is 136 cm³/mol. The highest BCUT2D eigenvalue weighted by atomic mass is 16.5. The quantitative estimate of drug-likeness (QED) is 0.356. The fourth-order valence-corrected chi connectivity index (χ4v) is 5.67. The van der Waals surface area contributed by atoms with E-state index in [1.165, 1.54) is 32.3 Å². The highest BCUT2D eigenvalue weighted by Gasteiger charge is 2.68. The summed E-state index contributed by atoms with van der Waals surface area (Å²) in [6.45, 7) is 2.14. The summed E-state index contributed by atoms with van der Waals surface area (Å²) in [4.78, 5) is 54.8. The molecule has 0 radical (unpaired) electrons. The number of hydrogen-bond donors (Lipinski definition) is 2. The van der Waals surface area contributed by atoms with Crippen LogP contribution >= 0.6 is 0 Å². The number of ether oxygens (including phenoxy) is 3. The molecule has 4 rings (SSSR count). The summed E-state index contributed by atoms with van der Waals surface area (Å²) in [5, 5.41) is 13.8. The molecule has 2 fully saturated rings. The lowest BCUT2D eigenvalue weighted by molar-refractivity contribution is -0.151. The molecule has 38 heavy (non-hydrogen) atoms. The first-order valence-electron chi connectivity index (χ1n) is 12.5. The van der Waals surface area contributed by atoms with Crippen molar-refractivity contribution in [2.45, 2.75) is 37.8 Å². The van der Waals surface area contributed by atoms with Crippen LogP contribution in [0.1, 0.15) is 47.3 Å². The number of hydrogen-bond acceptors (Lipinski definition) is 8. The van der Waals surface area contributed by atoms with Crippen LogP contribution < -0.4 is 14.8 Å². The fourth-order valence-electron chi connectivity index (χ4n) is 5.67. The van der Waals surface area contributed by atoms with Gasteiger partial charge in [0.05, 0.1) is 33.2 Å². The first kappa shape index (κ1) is 27.1. The zero-order chi connectivity index (χ0) is 27.6. The van der Waals surface area contributed by atoms with Crippen molar-refractivity contribution in [2.24, 2.45) is 11.8 Å². The number of amides is 2. The summed E-state index contributed by atoms with van der Waals surface area (Å²) >= 11 is 0. The molecule has 0 bridgehead atoms. The van der Waals surface area contributed by atoms with Crippen LogP contribution in [0.3, 0.4) is 0 Å². The third kappa shape index (κ3) is 4.38. The molecule has 2 saturated heterocycles. The van der Waals surface area contributed by atoms with Gasteiger partial charge >= 0.3 is 11.9 Å². The molecule has 0 saturated carbocycles. The summed E-state index contributed by atoms with van der Waals surface area (Å²) in [6, 6.07) is 11.0. The van der Waals surface area contributed by atoms with E-state index < -0.39 is 47.2 Å². The zero-order valence-electron chi connectivity index (χ0n) is 21.9. The number of benzene rings is 2. The van der Waals surface area contributed by atoms with Crippen molar-refractivity contribution in [2.75, 3.05) is 27.9 Å². The minimum Gasteiger partial charge on any atom is -0.497 e. The van der Waals surface area contributed by atoms with Crippen LogP contribution in [0.5, 0.6) is 11.5 Å². The first-order valence-corrected chi connectivity index (χ1v) is 12.5. The second-order valence-electron chi connectivity index (χ2n) is 9.53. The number of aliphatic carboxylic acids is 1. The van der Waals surface area contributed by atoms with E-state index in [0.717, 1.165) is 6.42 Å². The van der Waals surface area contributed by atoms with Gasteiger partial charge in [-0.05, 0) is 23.6 Å². The Morgan fingerprint density at radius 1 is 1.05 bits per heavy atom. The summed E-state index contributed by atoms with van der Waals surface area (Å²) in [6.07, 6.45) is 1.30. The monoisotopic (exact) mass is 524 g/mol. The van der Waals surface area contributed by atoms with Crippen LogP contribution in [0.15, 0.2) is 42.5 Å². The number of fused-ring (bicyclic) bond motifs is 1. The molecule has 2 aliphatic heterocycles. The van der Waals surface area contributed by atoms with E-state index in [4.69, 9.17) is 14.2 Å². The molecule has 0 aromatic heterocycles. The predicted octanol–water partition coefficient (Wildman–Crippen LogP) is 2.60. The molecule has 2 amide bonds. The van der Waals surface area contributed by atoms with Crippen LogP contribution in [-0.2, 0) is 25.5 Å². The molecule has 0 aliphatic carbocycles. The highest BCUT2D eigenvalue weighted by molar-refractivity contribution is 6.10. The van der Waals surface area contributed by atoms with Gasteiger partial charge in [0, 0.05) is 25.1 Å². The molecule has 2 heterocycles. The number of rotatable bonds is 10. The molecule has 202 valence electrons. The molecule has 2 N–H and O–H groups in total. The Kier molecular flexibility index (Phi) is 7.73. The number of carbonyl (C=O) groups is 4. The number of carboxylic acid groups (broad SMARTS) is 1. The molecule has 0 spiro atoms. The van der Waals surface area contributed by atoms with Crippen LogP contribution in [-0.4, -0.2) is 67.2 Å². The van der Waals surface area contributed by atoms with E-state index in [9.17, 15) is 24.3 Å². The van der Waals surface area contributed by atoms with Crippen molar-refractivity contribution in [1.29, 1.82) is 0 Å². The molecule has 2 aliphatic rings. The number of esters is 1. The van der Waals surface area contributed by atoms with E-state index in [2.05, 4.69) is 5.32 Å². The topological polar surface area (TPSA) is 131 Å². The Morgan fingerprint density at radius 2 is 1.76 bits per heavy atom. The SMILES string of the molecule is CCCCN1C(=O)C2C(c3cc(OC)cc(OC)c3C(=O)OC)NC(Cc3ccccc3)(C(=O)O)C2C1=O. The molecular weight excluding hydrogens is 492 g/mol. The van der Waals surface area contributed by atoms with Crippen molar-refractivity contribution < 1.29 is 38.5 Å². The number of nitrogens with zero attached hydrogens (tertiary/aromatic N) is 1. The standard InChI is InChI=1S/C28H32N2O8/c1-5-6-12-30-24(31)21-22(25(30)32)28(27(34)35,15-16-10-8-7-9-11-16)29-23(21)18-13-17(36-2)14-19(37-3)20(18)26(33)38-4/h7-11,13-14,21-23,29H,5-6,12,15H2,1-4H3,(H,34,35). The average molecular weight is 525 g/mol. The van der Waals surface area contributed by atoms with Gasteiger partial charge in [0.1, 0.15) is 22.6 Å². The van der Waals surface area contributed by atoms with Crippen LogP contribution in [0, 0.1) is 11.8 Å². The largest absolute Gasteiger partial charge is 0.497 e. The van der Waals surface area contributed by atoms with Gasteiger partial charge in [0.25, 0.3) is 0 Å². The molecule has 4 unspecified atom stereocenters. The van der Waals surface area contributed by atoms with Gasteiger partial charge in [-0.2, -0.15) is 0 Å². The van der Waals surface area contributed by atoms with Crippen LogP contribution in [0.25, 0.3) is 0 Å². The van der Waals surface area contributed by atoms with Gasteiger partial charge in [0.2, 0.25) is 11.8 Å². The Morgan fingerprint density at radius 3 is 2.34 bits per heavy atom. The third-order valence-corrected chi connectivity index (χ3v) is 7.47. The van der Waals surface area contributed by atoms with Crippen LogP contribution in [0.2, 0.25) is 0 Å². The number of nitrogens with one attached hydrogen (secondary N) is 1. The maximum atomic E-state index is 13.8. The van der Waals surface area contributed by atoms with Gasteiger partial charge in [-0.15, -0.1) is 0 Å². The van der Waals surface area contributed by atoms with Crippen molar-refractivity contribution in [3.05, 3.63) is 59.2 Å². The second-order valence-corrected chi connectivity index (χ2v) is 9.53. The highest BCUT2D eigenvalue weighted by Crippen LogP contribution is 2.52. The van der Waals surface area contributed by atoms with Gasteiger partial charge in [0.15, 0.2) is 0 Å². The minimum atomic E-state index is -1.81. The molecule has 10 nitrogen and oxygen atoms in total. The van der Waals surface area contributed by atoms with E-state index in [0.29, 0.717) is 17.7 Å². The van der Waals surface area contributed by atoms with E-state index in [1.807, 2.05) is 13.0 Å². The first-order chi connectivity index (χ1) is 18.2. The van der Waals surface area contributed by atoms with Gasteiger partial charge in [-0.1, -0.05) is 43.7 Å². The molecule has 2 aromatic carbocycles. The minimum absolute atomic E-state index is 0.0280. The summed E-state index contributed by atoms with van der Waals surface area (Å²) in [5.41, 5.74) is -0.836. The second kappa shape index (κ2) is 10.8. The number of likely N-dealkylation sites (tertiary alicyclic amines) is 1. The normalized spacial score (nSPS) is 24.3. The molecular formula is C28H32N2O8. The van der Waals surface area contributed by atoms with Crippen molar-refractivity contribution >= 4 is 23.8 Å². The lowest BCUT2D eigenvalue weighted by Gasteiger charge is -2.31. The van der Waals surface area contributed by atoms with Crippen molar-refractivity contribution in [3.8, 4) is 11.5 Å². The van der Waals surface area contributed by atoms with E-state index in [-0.39, 0.29) is 29.8 Å². The van der Waals surface area contributed by atoms with E-state index in [1.54, 1.807) is 30.3 Å². The van der Waals surface area contributed by atoms with Gasteiger partial charge in [-0.3, -0.25) is 24.6 Å². The fraction of sp³-hybridized carbons (Fsp3) is 0.429. The van der Waals surface area contributed by atoms with Crippen LogP contribution in [0.4, 0.5) is 0 Å². The Labute approximate surface area is 220 Å².